The minimum absolute atomic E-state index is 0.326. The van der Waals surface area contributed by atoms with Crippen molar-refractivity contribution >= 4 is 39.3 Å². The topological polar surface area (TPSA) is 0 Å². The highest BCUT2D eigenvalue weighted by molar-refractivity contribution is 9.10. The van der Waals surface area contributed by atoms with E-state index in [2.05, 4.69) is 15.9 Å². The minimum Gasteiger partial charge on any atom is -0.206 e. The summed E-state index contributed by atoms with van der Waals surface area (Å²) >= 11 is 10.3. The van der Waals surface area contributed by atoms with Crippen LogP contribution < -0.4 is 0 Å². The van der Waals surface area contributed by atoms with Crippen molar-refractivity contribution in [2.45, 2.75) is 4.90 Å². The third-order valence-electron chi connectivity index (χ3n) is 1.19. The molecule has 0 bridgehead atoms. The van der Waals surface area contributed by atoms with Crippen LogP contribution in [0.15, 0.2) is 21.5 Å². The molecule has 0 radical (unpaired) electrons. The number of rotatable bonds is 1. The summed E-state index contributed by atoms with van der Waals surface area (Å²) in [6.45, 7) is 0. The molecule has 0 aliphatic rings. The Labute approximate surface area is 82.3 Å². The Morgan fingerprint density at radius 3 is 2.73 bits per heavy atom. The van der Waals surface area contributed by atoms with Gasteiger partial charge in [-0.15, -0.1) is 11.8 Å². The van der Waals surface area contributed by atoms with Crippen molar-refractivity contribution in [2.24, 2.45) is 0 Å². The molecular weight excluding hydrogens is 250 g/mol. The summed E-state index contributed by atoms with van der Waals surface area (Å²) in [5, 5.41) is 0.457. The van der Waals surface area contributed by atoms with E-state index in [1.807, 2.05) is 6.26 Å². The Hall–Kier alpha value is 0.270. The second-order valence-electron chi connectivity index (χ2n) is 1.90. The van der Waals surface area contributed by atoms with Crippen LogP contribution in [0.3, 0.4) is 0 Å². The van der Waals surface area contributed by atoms with Gasteiger partial charge >= 0.3 is 0 Å². The fraction of sp³-hybridized carbons (Fsp3) is 0.143. The first-order valence-electron chi connectivity index (χ1n) is 2.83. The highest BCUT2D eigenvalue weighted by Crippen LogP contribution is 2.30. The molecule has 1 aromatic carbocycles. The van der Waals surface area contributed by atoms with Crippen molar-refractivity contribution in [3.05, 3.63) is 27.4 Å². The maximum atomic E-state index is 12.8. The number of benzene rings is 1. The molecule has 0 fully saturated rings. The van der Waals surface area contributed by atoms with Crippen LogP contribution in [-0.2, 0) is 0 Å². The molecule has 0 heterocycles. The van der Waals surface area contributed by atoms with Gasteiger partial charge in [-0.05, 0) is 34.3 Å². The summed E-state index contributed by atoms with van der Waals surface area (Å²) in [4.78, 5) is 0.875. The van der Waals surface area contributed by atoms with E-state index in [-0.39, 0.29) is 5.82 Å². The van der Waals surface area contributed by atoms with Crippen LogP contribution in [0.25, 0.3) is 0 Å². The van der Waals surface area contributed by atoms with Crippen LogP contribution in [0.4, 0.5) is 4.39 Å². The number of hydrogen-bond acceptors (Lipinski definition) is 1. The SMILES string of the molecule is CSc1cc(Br)c(F)cc1Cl. The molecule has 0 aliphatic heterocycles. The molecule has 0 spiro atoms. The van der Waals surface area contributed by atoms with Crippen molar-refractivity contribution in [3.63, 3.8) is 0 Å². The highest BCUT2D eigenvalue weighted by Gasteiger charge is 2.04. The summed E-state index contributed by atoms with van der Waals surface area (Å²) in [6.07, 6.45) is 1.89. The largest absolute Gasteiger partial charge is 0.206 e. The van der Waals surface area contributed by atoms with E-state index >= 15 is 0 Å². The molecule has 0 nitrogen and oxygen atoms in total. The second kappa shape index (κ2) is 3.78. The van der Waals surface area contributed by atoms with E-state index in [9.17, 15) is 4.39 Å². The van der Waals surface area contributed by atoms with Crippen molar-refractivity contribution in [1.82, 2.24) is 0 Å². The summed E-state index contributed by atoms with van der Waals surface area (Å²) in [6, 6.07) is 2.97. The Balaban J connectivity index is 3.21. The van der Waals surface area contributed by atoms with Gasteiger partial charge in [0.1, 0.15) is 5.82 Å². The molecule has 0 amide bonds. The maximum Gasteiger partial charge on any atom is 0.138 e. The summed E-state index contributed by atoms with van der Waals surface area (Å²) < 4.78 is 13.2. The molecule has 0 saturated heterocycles. The minimum atomic E-state index is -0.326. The normalized spacial score (nSPS) is 10.2. The van der Waals surface area contributed by atoms with Gasteiger partial charge in [-0.2, -0.15) is 0 Å². The quantitative estimate of drug-likeness (QED) is 0.541. The zero-order valence-electron chi connectivity index (χ0n) is 5.70. The lowest BCUT2D eigenvalue weighted by atomic mass is 10.3. The lowest BCUT2D eigenvalue weighted by Crippen LogP contribution is -1.79. The van der Waals surface area contributed by atoms with Gasteiger partial charge in [0.15, 0.2) is 0 Å². The van der Waals surface area contributed by atoms with Gasteiger partial charge in [0.25, 0.3) is 0 Å². The van der Waals surface area contributed by atoms with E-state index in [1.165, 1.54) is 17.8 Å². The zero-order valence-corrected chi connectivity index (χ0v) is 8.86. The Morgan fingerprint density at radius 2 is 2.18 bits per heavy atom. The fourth-order valence-corrected chi connectivity index (χ4v) is 2.03. The number of thioether (sulfide) groups is 1. The summed E-state index contributed by atoms with van der Waals surface area (Å²) in [5.74, 6) is -0.326. The molecule has 0 aliphatic carbocycles. The molecule has 60 valence electrons. The van der Waals surface area contributed by atoms with Crippen LogP contribution in [-0.4, -0.2) is 6.26 Å². The van der Waals surface area contributed by atoms with E-state index in [4.69, 9.17) is 11.6 Å². The first-order chi connectivity index (χ1) is 5.15. The Morgan fingerprint density at radius 1 is 1.55 bits per heavy atom. The zero-order chi connectivity index (χ0) is 8.43. The first kappa shape index (κ1) is 9.36. The second-order valence-corrected chi connectivity index (χ2v) is 4.01. The Bertz CT molecular complexity index is 277. The van der Waals surface area contributed by atoms with Crippen LogP contribution >= 0.6 is 39.3 Å². The lowest BCUT2D eigenvalue weighted by molar-refractivity contribution is 0.620. The van der Waals surface area contributed by atoms with Gasteiger partial charge in [0.05, 0.1) is 9.50 Å². The molecule has 0 aromatic heterocycles. The van der Waals surface area contributed by atoms with Crippen molar-refractivity contribution in [1.29, 1.82) is 0 Å². The van der Waals surface area contributed by atoms with Crippen molar-refractivity contribution < 1.29 is 4.39 Å². The molecule has 11 heavy (non-hydrogen) atoms. The predicted octanol–water partition coefficient (Wildman–Crippen LogP) is 3.96. The Kier molecular flexibility index (Phi) is 3.22. The fourth-order valence-electron chi connectivity index (χ4n) is 0.661. The molecule has 1 aromatic rings. The standard InChI is InChI=1S/C7H5BrClFS/c1-11-7-2-4(8)6(10)3-5(7)9/h2-3H,1H3. The highest BCUT2D eigenvalue weighted by atomic mass is 79.9. The molecule has 4 heteroatoms. The van der Waals surface area contributed by atoms with Crippen LogP contribution in [0.5, 0.6) is 0 Å². The van der Waals surface area contributed by atoms with E-state index in [0.717, 1.165) is 4.90 Å². The average Bonchev–Trinajstić information content (AvgIpc) is 1.97. The third kappa shape index (κ3) is 2.10. The predicted molar refractivity (Wildman–Crippen MR) is 50.9 cm³/mol. The van der Waals surface area contributed by atoms with E-state index < -0.39 is 0 Å². The van der Waals surface area contributed by atoms with E-state index in [0.29, 0.717) is 9.50 Å². The van der Waals surface area contributed by atoms with Gasteiger partial charge in [0.2, 0.25) is 0 Å². The lowest BCUT2D eigenvalue weighted by Gasteiger charge is -2.01. The van der Waals surface area contributed by atoms with Gasteiger partial charge < -0.3 is 0 Å². The summed E-state index contributed by atoms with van der Waals surface area (Å²) in [5.41, 5.74) is 0. The third-order valence-corrected chi connectivity index (χ3v) is 3.00. The van der Waals surface area contributed by atoms with E-state index in [1.54, 1.807) is 6.07 Å². The van der Waals surface area contributed by atoms with Gasteiger partial charge in [-0.25, -0.2) is 4.39 Å². The van der Waals surface area contributed by atoms with Gasteiger partial charge in [0, 0.05) is 4.90 Å². The maximum absolute atomic E-state index is 12.8. The monoisotopic (exact) mass is 254 g/mol. The van der Waals surface area contributed by atoms with Gasteiger partial charge in [-0.3, -0.25) is 0 Å². The number of hydrogen-bond donors (Lipinski definition) is 0. The molecule has 0 atom stereocenters. The molecule has 0 unspecified atom stereocenters. The van der Waals surface area contributed by atoms with Crippen LogP contribution in [0.2, 0.25) is 5.02 Å². The first-order valence-corrected chi connectivity index (χ1v) is 5.23. The number of halogens is 3. The molecular formula is C7H5BrClFS. The van der Waals surface area contributed by atoms with Crippen LogP contribution in [0.1, 0.15) is 0 Å². The van der Waals surface area contributed by atoms with Crippen molar-refractivity contribution in [3.8, 4) is 0 Å². The smallest absolute Gasteiger partial charge is 0.138 e. The molecule has 0 saturated carbocycles. The summed E-state index contributed by atoms with van der Waals surface area (Å²) in [7, 11) is 0. The van der Waals surface area contributed by atoms with Gasteiger partial charge in [-0.1, -0.05) is 11.6 Å². The average molecular weight is 256 g/mol. The van der Waals surface area contributed by atoms with Crippen molar-refractivity contribution in [2.75, 3.05) is 6.26 Å². The van der Waals surface area contributed by atoms with Crippen LogP contribution in [0, 0.1) is 5.82 Å². The molecule has 1 rings (SSSR count). The molecule has 0 N–H and O–H groups in total.